The number of carbonyl (C=O) groups is 2. The molecular weight excluding hydrogens is 576 g/mol. The van der Waals surface area contributed by atoms with E-state index in [0.717, 1.165) is 11.1 Å². The minimum absolute atomic E-state index is 0.117. The summed E-state index contributed by atoms with van der Waals surface area (Å²) in [5, 5.41) is 3.71. The van der Waals surface area contributed by atoms with Crippen molar-refractivity contribution in [2.75, 3.05) is 13.1 Å². The normalized spacial score (nSPS) is 12.3. The smallest absolute Gasteiger partial charge is 0.407 e. The standard InChI is InChI=1S/C35H41ClN4O4/c1-23(2)30(31-38-29-21-27(36)17-18-28(29)33(42)40(31)22-25-11-8-7-9-12-25)39(32(41)26-15-13-24(3)14-16-26)20-10-19-37-34(43)44-35(4,5)6/h7-9,11-18,21,23,30H,10,19-20,22H2,1-6H3,(H,37,43)/t30-/m1/s1. The van der Waals surface area contributed by atoms with Crippen LogP contribution in [0.5, 0.6) is 0 Å². The fourth-order valence-corrected chi connectivity index (χ4v) is 5.30. The zero-order chi connectivity index (χ0) is 32.0. The minimum atomic E-state index is -0.618. The highest BCUT2D eigenvalue weighted by Crippen LogP contribution is 2.31. The summed E-state index contributed by atoms with van der Waals surface area (Å²) in [4.78, 5) is 47.4. The van der Waals surface area contributed by atoms with Gasteiger partial charge in [0.2, 0.25) is 0 Å². The maximum atomic E-state index is 14.2. The molecule has 1 N–H and O–H groups in total. The third kappa shape index (κ3) is 8.26. The van der Waals surface area contributed by atoms with Crippen molar-refractivity contribution in [2.45, 2.75) is 66.2 Å². The Labute approximate surface area is 264 Å². The van der Waals surface area contributed by atoms with E-state index in [1.54, 1.807) is 48.4 Å². The molecule has 1 heterocycles. The highest BCUT2D eigenvalue weighted by atomic mass is 35.5. The van der Waals surface area contributed by atoms with Crippen molar-refractivity contribution in [3.05, 3.63) is 111 Å². The number of nitrogens with one attached hydrogen (secondary N) is 1. The Morgan fingerprint density at radius 1 is 1.02 bits per heavy atom. The number of amides is 2. The Hall–Kier alpha value is -4.17. The summed E-state index contributed by atoms with van der Waals surface area (Å²) >= 11 is 6.33. The van der Waals surface area contributed by atoms with Gasteiger partial charge in [0.15, 0.2) is 0 Å². The molecule has 0 aliphatic rings. The summed E-state index contributed by atoms with van der Waals surface area (Å²) < 4.78 is 7.05. The molecule has 2 amide bonds. The second-order valence-corrected chi connectivity index (χ2v) is 12.8. The molecule has 0 aliphatic carbocycles. The number of ether oxygens (including phenoxy) is 1. The van der Waals surface area contributed by atoms with Gasteiger partial charge in [0, 0.05) is 23.7 Å². The topological polar surface area (TPSA) is 93.5 Å². The molecular formula is C35H41ClN4O4. The Kier molecular flexibility index (Phi) is 10.5. The molecule has 4 rings (SSSR count). The third-order valence-electron chi connectivity index (χ3n) is 7.17. The van der Waals surface area contributed by atoms with E-state index in [-0.39, 0.29) is 23.9 Å². The van der Waals surface area contributed by atoms with Crippen molar-refractivity contribution in [2.24, 2.45) is 5.92 Å². The predicted molar refractivity (Wildman–Crippen MR) is 175 cm³/mol. The number of alkyl carbamates (subject to hydrolysis) is 1. The molecule has 0 spiro atoms. The quantitative estimate of drug-likeness (QED) is 0.191. The van der Waals surface area contributed by atoms with Crippen molar-refractivity contribution in [1.29, 1.82) is 0 Å². The van der Waals surface area contributed by atoms with Gasteiger partial charge in [-0.15, -0.1) is 0 Å². The van der Waals surface area contributed by atoms with Crippen LogP contribution in [0.25, 0.3) is 10.9 Å². The van der Waals surface area contributed by atoms with E-state index in [9.17, 15) is 14.4 Å². The third-order valence-corrected chi connectivity index (χ3v) is 7.40. The SMILES string of the molecule is Cc1ccc(C(=O)N(CCCNC(=O)OC(C)(C)C)[C@@H](c2nc3cc(Cl)ccc3c(=O)n2Cc2ccccc2)C(C)C)cc1. The predicted octanol–water partition coefficient (Wildman–Crippen LogP) is 7.16. The Bertz CT molecular complexity index is 1660. The first-order chi connectivity index (χ1) is 20.8. The number of fused-ring (bicyclic) bond motifs is 1. The first kappa shape index (κ1) is 32.7. The lowest BCUT2D eigenvalue weighted by atomic mass is 9.98. The molecule has 1 aromatic heterocycles. The number of rotatable bonds is 10. The van der Waals surface area contributed by atoms with Crippen LogP contribution in [0, 0.1) is 12.8 Å². The van der Waals surface area contributed by atoms with Gasteiger partial charge in [0.25, 0.3) is 11.5 Å². The number of hydrogen-bond donors (Lipinski definition) is 1. The number of nitrogens with zero attached hydrogens (tertiary/aromatic N) is 3. The van der Waals surface area contributed by atoms with Crippen molar-refractivity contribution in [3.63, 3.8) is 0 Å². The number of aromatic nitrogens is 2. The van der Waals surface area contributed by atoms with Crippen LogP contribution >= 0.6 is 11.6 Å². The zero-order valence-corrected chi connectivity index (χ0v) is 27.0. The molecule has 4 aromatic rings. The van der Waals surface area contributed by atoms with E-state index in [4.69, 9.17) is 21.3 Å². The number of halogens is 1. The first-order valence-corrected chi connectivity index (χ1v) is 15.3. The number of carbonyl (C=O) groups excluding carboxylic acids is 2. The summed E-state index contributed by atoms with van der Waals surface area (Å²) in [6.07, 6.45) is -0.0540. The van der Waals surface area contributed by atoms with Crippen LogP contribution in [0.2, 0.25) is 5.02 Å². The van der Waals surface area contributed by atoms with Crippen LogP contribution in [-0.4, -0.2) is 45.1 Å². The maximum Gasteiger partial charge on any atom is 0.407 e. The van der Waals surface area contributed by atoms with Crippen molar-refractivity contribution in [3.8, 4) is 0 Å². The summed E-state index contributed by atoms with van der Waals surface area (Å²) in [6, 6.07) is 21.6. The molecule has 232 valence electrons. The van der Waals surface area contributed by atoms with Crippen LogP contribution in [-0.2, 0) is 11.3 Å². The molecule has 8 nitrogen and oxygen atoms in total. The van der Waals surface area contributed by atoms with E-state index in [0.29, 0.717) is 46.8 Å². The zero-order valence-electron chi connectivity index (χ0n) is 26.3. The van der Waals surface area contributed by atoms with Crippen molar-refractivity contribution < 1.29 is 14.3 Å². The fraction of sp³-hybridized carbons (Fsp3) is 0.371. The second-order valence-electron chi connectivity index (χ2n) is 12.3. The van der Waals surface area contributed by atoms with E-state index in [1.165, 1.54) is 0 Å². The molecule has 0 aliphatic heterocycles. The van der Waals surface area contributed by atoms with Crippen LogP contribution < -0.4 is 10.9 Å². The van der Waals surface area contributed by atoms with Crippen LogP contribution in [0.4, 0.5) is 4.79 Å². The van der Waals surface area contributed by atoms with Crippen molar-refractivity contribution in [1.82, 2.24) is 19.8 Å². The summed E-state index contributed by atoms with van der Waals surface area (Å²) in [7, 11) is 0. The van der Waals surface area contributed by atoms with E-state index >= 15 is 0 Å². The molecule has 0 fully saturated rings. The van der Waals surface area contributed by atoms with Gasteiger partial charge in [-0.05, 0) is 75.9 Å². The lowest BCUT2D eigenvalue weighted by molar-refractivity contribution is 0.0519. The van der Waals surface area contributed by atoms with Crippen LogP contribution in [0.1, 0.15) is 74.4 Å². The molecule has 0 saturated carbocycles. The van der Waals surface area contributed by atoms with Gasteiger partial charge in [-0.2, -0.15) is 0 Å². The van der Waals surface area contributed by atoms with Gasteiger partial charge >= 0.3 is 6.09 Å². The summed E-state index contributed by atoms with van der Waals surface area (Å²) in [5.41, 5.74) is 2.16. The van der Waals surface area contributed by atoms with Gasteiger partial charge in [0.05, 0.1) is 23.5 Å². The van der Waals surface area contributed by atoms with Gasteiger partial charge in [-0.25, -0.2) is 9.78 Å². The maximum absolute atomic E-state index is 14.2. The van der Waals surface area contributed by atoms with E-state index < -0.39 is 17.7 Å². The van der Waals surface area contributed by atoms with Gasteiger partial charge < -0.3 is 15.0 Å². The largest absolute Gasteiger partial charge is 0.444 e. The highest BCUT2D eigenvalue weighted by molar-refractivity contribution is 6.31. The fourth-order valence-electron chi connectivity index (χ4n) is 5.14. The molecule has 0 radical (unpaired) electrons. The number of benzene rings is 3. The van der Waals surface area contributed by atoms with Crippen molar-refractivity contribution >= 4 is 34.5 Å². The van der Waals surface area contributed by atoms with Crippen LogP contribution in [0.15, 0.2) is 77.6 Å². The molecule has 0 bridgehead atoms. The van der Waals surface area contributed by atoms with E-state index in [1.807, 2.05) is 75.4 Å². The average Bonchev–Trinajstić information content (AvgIpc) is 2.95. The summed E-state index contributed by atoms with van der Waals surface area (Å²) in [5.74, 6) is 0.172. The lowest BCUT2D eigenvalue weighted by Crippen LogP contribution is -2.43. The lowest BCUT2D eigenvalue weighted by Gasteiger charge is -2.35. The highest BCUT2D eigenvalue weighted by Gasteiger charge is 2.33. The van der Waals surface area contributed by atoms with Gasteiger partial charge in [-0.3, -0.25) is 14.2 Å². The van der Waals surface area contributed by atoms with Gasteiger partial charge in [-0.1, -0.05) is 73.5 Å². The number of hydrogen-bond acceptors (Lipinski definition) is 5. The van der Waals surface area contributed by atoms with E-state index in [2.05, 4.69) is 5.32 Å². The number of aryl methyl sites for hydroxylation is 1. The second kappa shape index (κ2) is 14.1. The van der Waals surface area contributed by atoms with Gasteiger partial charge in [0.1, 0.15) is 11.4 Å². The molecule has 0 saturated heterocycles. The average molecular weight is 617 g/mol. The molecule has 44 heavy (non-hydrogen) atoms. The Morgan fingerprint density at radius 3 is 2.34 bits per heavy atom. The first-order valence-electron chi connectivity index (χ1n) is 14.9. The summed E-state index contributed by atoms with van der Waals surface area (Å²) in [6.45, 7) is 12.3. The molecule has 3 aromatic carbocycles. The molecule has 9 heteroatoms. The Morgan fingerprint density at radius 2 is 1.70 bits per heavy atom. The molecule has 0 unspecified atom stereocenters. The Balaban J connectivity index is 1.80. The molecule has 1 atom stereocenters. The van der Waals surface area contributed by atoms with Crippen LogP contribution in [0.3, 0.4) is 0 Å². The monoisotopic (exact) mass is 616 g/mol. The minimum Gasteiger partial charge on any atom is -0.444 e.